The van der Waals surface area contributed by atoms with Gasteiger partial charge in [0.05, 0.1) is 0 Å². The van der Waals surface area contributed by atoms with Crippen LogP contribution in [0.5, 0.6) is 11.5 Å². The Balaban J connectivity index is 1.74. The molecule has 5 heteroatoms. The van der Waals surface area contributed by atoms with Gasteiger partial charge in [-0.2, -0.15) is 0 Å². The highest BCUT2D eigenvalue weighted by molar-refractivity contribution is 7.99. The third kappa shape index (κ3) is 4.29. The molecule has 0 radical (unpaired) electrons. The van der Waals surface area contributed by atoms with Crippen LogP contribution in [0.1, 0.15) is 18.1 Å². The molecule has 0 aromatic heterocycles. The van der Waals surface area contributed by atoms with Crippen LogP contribution in [0.15, 0.2) is 47.4 Å². The Hall–Kier alpha value is -1.69. The van der Waals surface area contributed by atoms with E-state index in [1.54, 1.807) is 14.2 Å². The Morgan fingerprint density at radius 1 is 0.920 bits per heavy atom. The van der Waals surface area contributed by atoms with E-state index < -0.39 is 0 Å². The molecule has 1 atom stereocenters. The summed E-state index contributed by atoms with van der Waals surface area (Å²) in [5.74, 6) is 2.72. The van der Waals surface area contributed by atoms with E-state index in [1.807, 2.05) is 30.0 Å². The van der Waals surface area contributed by atoms with Crippen LogP contribution in [0.2, 0.25) is 0 Å². The van der Waals surface area contributed by atoms with Crippen LogP contribution >= 0.6 is 11.8 Å². The summed E-state index contributed by atoms with van der Waals surface area (Å²) in [6, 6.07) is 14.6. The summed E-state index contributed by atoms with van der Waals surface area (Å²) in [6.07, 6.45) is 1.01. The molecule has 2 aromatic carbocycles. The highest BCUT2D eigenvalue weighted by atomic mass is 32.2. The molecule has 25 heavy (non-hydrogen) atoms. The maximum Gasteiger partial charge on any atom is 0.188 e. The third-order valence-electron chi connectivity index (χ3n) is 4.40. The van der Waals surface area contributed by atoms with Gasteiger partial charge in [-0.3, -0.25) is 0 Å². The predicted molar refractivity (Wildman–Crippen MR) is 99.7 cm³/mol. The van der Waals surface area contributed by atoms with E-state index in [2.05, 4.69) is 31.2 Å². The fraction of sp³-hybridized carbons (Fsp3) is 0.400. The zero-order chi connectivity index (χ0) is 17.7. The maximum atomic E-state index is 5.54. The van der Waals surface area contributed by atoms with Crippen molar-refractivity contribution in [1.29, 1.82) is 0 Å². The van der Waals surface area contributed by atoms with Crippen molar-refractivity contribution in [2.75, 3.05) is 33.6 Å². The summed E-state index contributed by atoms with van der Waals surface area (Å²) in [4.78, 5) is 1.30. The van der Waals surface area contributed by atoms with Crippen LogP contribution in [-0.2, 0) is 21.3 Å². The Labute approximate surface area is 153 Å². The Morgan fingerprint density at radius 2 is 1.56 bits per heavy atom. The first-order chi connectivity index (χ1) is 12.1. The number of fused-ring (bicyclic) bond motifs is 1. The average molecular weight is 360 g/mol. The van der Waals surface area contributed by atoms with Crippen molar-refractivity contribution in [2.24, 2.45) is 0 Å². The second-order valence-electron chi connectivity index (χ2n) is 6.42. The van der Waals surface area contributed by atoms with E-state index in [4.69, 9.17) is 18.9 Å². The smallest absolute Gasteiger partial charge is 0.188 e. The van der Waals surface area contributed by atoms with Crippen molar-refractivity contribution in [3.63, 3.8) is 0 Å². The first-order valence-electron chi connectivity index (χ1n) is 8.24. The number of ether oxygens (including phenoxy) is 4. The number of hydrogen-bond acceptors (Lipinski definition) is 5. The quantitative estimate of drug-likeness (QED) is 0.690. The number of hydrogen-bond donors (Lipinski definition) is 0. The van der Waals surface area contributed by atoms with Crippen molar-refractivity contribution in [2.45, 2.75) is 23.7 Å². The van der Waals surface area contributed by atoms with Crippen molar-refractivity contribution < 1.29 is 18.9 Å². The SMILES string of the molecule is COCOc1ccc(C2(C)CSc3cc(OCOC)ccc3C2)cc1. The molecule has 0 N–H and O–H groups in total. The molecule has 4 nitrogen and oxygen atoms in total. The topological polar surface area (TPSA) is 36.9 Å². The van der Waals surface area contributed by atoms with Gasteiger partial charge in [-0.1, -0.05) is 25.1 Å². The van der Waals surface area contributed by atoms with Crippen LogP contribution in [-0.4, -0.2) is 33.6 Å². The summed E-state index contributed by atoms with van der Waals surface area (Å²) < 4.78 is 20.9. The molecule has 2 aromatic rings. The van der Waals surface area contributed by atoms with Crippen LogP contribution < -0.4 is 9.47 Å². The fourth-order valence-electron chi connectivity index (χ4n) is 3.01. The second-order valence-corrected chi connectivity index (χ2v) is 7.44. The van der Waals surface area contributed by atoms with Gasteiger partial charge in [0, 0.05) is 30.3 Å². The molecule has 0 saturated carbocycles. The highest BCUT2D eigenvalue weighted by Gasteiger charge is 2.32. The molecule has 0 bridgehead atoms. The van der Waals surface area contributed by atoms with E-state index in [9.17, 15) is 0 Å². The van der Waals surface area contributed by atoms with Gasteiger partial charge in [0.2, 0.25) is 0 Å². The van der Waals surface area contributed by atoms with Crippen molar-refractivity contribution >= 4 is 11.8 Å². The lowest BCUT2D eigenvalue weighted by atomic mass is 9.78. The number of rotatable bonds is 7. The van der Waals surface area contributed by atoms with E-state index in [-0.39, 0.29) is 19.0 Å². The summed E-state index contributed by atoms with van der Waals surface area (Å²) >= 11 is 1.88. The summed E-state index contributed by atoms with van der Waals surface area (Å²) in [5.41, 5.74) is 2.80. The first-order valence-corrected chi connectivity index (χ1v) is 9.23. The predicted octanol–water partition coefficient (Wildman–Crippen LogP) is 4.26. The van der Waals surface area contributed by atoms with Gasteiger partial charge in [0.15, 0.2) is 13.6 Å². The highest BCUT2D eigenvalue weighted by Crippen LogP contribution is 2.43. The standard InChI is InChI=1S/C20H24O4S/c1-20(16-5-8-17(9-6-16)23-13-21-2)11-15-4-7-18(24-14-22-3)10-19(15)25-12-20/h4-10H,11-14H2,1-3H3. The van der Waals surface area contributed by atoms with E-state index in [1.165, 1.54) is 16.0 Å². The van der Waals surface area contributed by atoms with E-state index in [0.29, 0.717) is 0 Å². The number of methoxy groups -OCH3 is 2. The molecule has 0 aliphatic carbocycles. The van der Waals surface area contributed by atoms with Gasteiger partial charge in [-0.25, -0.2) is 0 Å². The molecular formula is C20H24O4S. The minimum Gasteiger partial charge on any atom is -0.468 e. The monoisotopic (exact) mass is 360 g/mol. The van der Waals surface area contributed by atoms with Gasteiger partial charge in [0.25, 0.3) is 0 Å². The molecule has 1 heterocycles. The van der Waals surface area contributed by atoms with E-state index >= 15 is 0 Å². The van der Waals surface area contributed by atoms with Crippen molar-refractivity contribution in [1.82, 2.24) is 0 Å². The lowest BCUT2D eigenvalue weighted by Crippen LogP contribution is -2.31. The fourth-order valence-corrected chi connectivity index (χ4v) is 4.27. The van der Waals surface area contributed by atoms with Gasteiger partial charge in [0.1, 0.15) is 11.5 Å². The molecule has 1 unspecified atom stereocenters. The molecule has 3 rings (SSSR count). The molecule has 0 fully saturated rings. The molecule has 0 spiro atoms. The van der Waals surface area contributed by atoms with Crippen molar-refractivity contribution in [3.05, 3.63) is 53.6 Å². The van der Waals surface area contributed by atoms with Gasteiger partial charge < -0.3 is 18.9 Å². The maximum absolute atomic E-state index is 5.54. The molecule has 1 aliphatic heterocycles. The Bertz CT molecular complexity index is 701. The van der Waals surface area contributed by atoms with Crippen LogP contribution in [0.3, 0.4) is 0 Å². The van der Waals surface area contributed by atoms with E-state index in [0.717, 1.165) is 23.7 Å². The summed E-state index contributed by atoms with van der Waals surface area (Å²) in [5, 5.41) is 0. The molecule has 0 amide bonds. The normalized spacial score (nSPS) is 19.3. The minimum absolute atomic E-state index is 0.104. The lowest BCUT2D eigenvalue weighted by molar-refractivity contribution is 0.0508. The molecular weight excluding hydrogens is 336 g/mol. The van der Waals surface area contributed by atoms with Crippen LogP contribution in [0, 0.1) is 0 Å². The Morgan fingerprint density at radius 3 is 2.24 bits per heavy atom. The van der Waals surface area contributed by atoms with Crippen LogP contribution in [0.25, 0.3) is 0 Å². The summed E-state index contributed by atoms with van der Waals surface area (Å²) in [6.45, 7) is 2.87. The molecule has 0 saturated heterocycles. The van der Waals surface area contributed by atoms with Gasteiger partial charge in [-0.05, 0) is 41.8 Å². The Kier molecular flexibility index (Phi) is 5.89. The van der Waals surface area contributed by atoms with Gasteiger partial charge in [-0.15, -0.1) is 11.8 Å². The average Bonchev–Trinajstić information content (AvgIpc) is 2.65. The lowest BCUT2D eigenvalue weighted by Gasteiger charge is -2.35. The van der Waals surface area contributed by atoms with Crippen LogP contribution in [0.4, 0.5) is 0 Å². The zero-order valence-corrected chi connectivity index (χ0v) is 15.7. The zero-order valence-electron chi connectivity index (χ0n) is 14.9. The largest absolute Gasteiger partial charge is 0.468 e. The molecule has 134 valence electrons. The number of thioether (sulfide) groups is 1. The molecule has 1 aliphatic rings. The number of benzene rings is 2. The minimum atomic E-state index is 0.104. The van der Waals surface area contributed by atoms with Gasteiger partial charge >= 0.3 is 0 Å². The van der Waals surface area contributed by atoms with Crippen molar-refractivity contribution in [3.8, 4) is 11.5 Å². The second kappa shape index (κ2) is 8.13. The first kappa shape index (κ1) is 18.1. The summed E-state index contributed by atoms with van der Waals surface area (Å²) in [7, 11) is 3.25. The third-order valence-corrected chi connectivity index (χ3v) is 5.88.